The van der Waals surface area contributed by atoms with Crippen LogP contribution in [0.4, 0.5) is 4.79 Å². The molecule has 0 radical (unpaired) electrons. The molecule has 1 atom stereocenters. The van der Waals surface area contributed by atoms with Crippen LogP contribution in [0, 0.1) is 5.92 Å². The average Bonchev–Trinajstić information content (AvgIpc) is 2.83. The summed E-state index contributed by atoms with van der Waals surface area (Å²) in [5, 5.41) is 8.47. The molecule has 0 bridgehead atoms. The largest absolute Gasteiger partial charge is 0.447 e. The summed E-state index contributed by atoms with van der Waals surface area (Å²) in [5.41, 5.74) is 5.79. The van der Waals surface area contributed by atoms with Crippen LogP contribution >= 0.6 is 0 Å². The van der Waals surface area contributed by atoms with E-state index in [-0.39, 0.29) is 11.6 Å². The van der Waals surface area contributed by atoms with E-state index in [1.807, 2.05) is 12.2 Å². The molecule has 21 heavy (non-hydrogen) atoms. The van der Waals surface area contributed by atoms with E-state index in [2.05, 4.69) is 10.2 Å². The second-order valence-corrected chi connectivity index (χ2v) is 4.95. The zero-order valence-electron chi connectivity index (χ0n) is 12.3. The maximum Gasteiger partial charge on any atom is 0.359 e. The van der Waals surface area contributed by atoms with E-state index >= 15 is 0 Å². The summed E-state index contributed by atoms with van der Waals surface area (Å²) in [6, 6.07) is 0.585. The maximum atomic E-state index is 12.0. The lowest BCUT2D eigenvalue weighted by molar-refractivity contribution is -0.130. The van der Waals surface area contributed by atoms with Crippen LogP contribution < -0.4 is 11.1 Å². The van der Waals surface area contributed by atoms with E-state index in [4.69, 9.17) is 10.5 Å². The second-order valence-electron chi connectivity index (χ2n) is 4.95. The van der Waals surface area contributed by atoms with Crippen molar-refractivity contribution in [3.8, 4) is 0 Å². The van der Waals surface area contributed by atoms with E-state index in [1.165, 1.54) is 0 Å². The number of imide groups is 1. The third kappa shape index (κ3) is 4.90. The average molecular weight is 296 g/mol. The number of primary amides is 1. The first kappa shape index (κ1) is 16.7. The molecule has 1 rings (SSSR count). The predicted octanol–water partition coefficient (Wildman–Crippen LogP) is 0.738. The van der Waals surface area contributed by atoms with E-state index in [1.54, 1.807) is 19.9 Å². The minimum atomic E-state index is -1.11. The maximum absolute atomic E-state index is 12.0. The Morgan fingerprint density at radius 2 is 2.10 bits per heavy atom. The van der Waals surface area contributed by atoms with Gasteiger partial charge in [-0.05, 0) is 18.4 Å². The van der Waals surface area contributed by atoms with Crippen LogP contribution in [0.15, 0.2) is 6.07 Å². The minimum absolute atomic E-state index is 0.0935. The van der Waals surface area contributed by atoms with Crippen LogP contribution in [0.25, 0.3) is 0 Å². The van der Waals surface area contributed by atoms with Gasteiger partial charge in [-0.3, -0.25) is 15.2 Å². The zero-order valence-corrected chi connectivity index (χ0v) is 12.3. The number of aryl methyl sites for hydroxylation is 1. The normalized spacial score (nSPS) is 12.0. The Balaban J connectivity index is 2.75. The van der Waals surface area contributed by atoms with Crippen molar-refractivity contribution < 1.29 is 19.1 Å². The van der Waals surface area contributed by atoms with Gasteiger partial charge in [-0.1, -0.05) is 27.2 Å². The van der Waals surface area contributed by atoms with Crippen molar-refractivity contribution in [2.45, 2.75) is 39.7 Å². The number of hydrogen-bond donors (Lipinski definition) is 3. The number of esters is 1. The Morgan fingerprint density at radius 1 is 1.43 bits per heavy atom. The number of hydrogen-bond acceptors (Lipinski definition) is 5. The number of aromatic nitrogens is 2. The van der Waals surface area contributed by atoms with E-state index in [0.717, 1.165) is 18.5 Å². The Hall–Kier alpha value is -2.38. The molecular formula is C13H20N4O4. The zero-order chi connectivity index (χ0) is 16.0. The van der Waals surface area contributed by atoms with E-state index < -0.39 is 24.0 Å². The number of nitrogens with two attached hydrogens (primary N) is 1. The highest BCUT2D eigenvalue weighted by Crippen LogP contribution is 2.11. The van der Waals surface area contributed by atoms with E-state index in [9.17, 15) is 14.4 Å². The first-order valence-corrected chi connectivity index (χ1v) is 6.70. The number of nitrogens with zero attached hydrogens (tertiary/aromatic N) is 1. The number of amides is 3. The van der Waals surface area contributed by atoms with Gasteiger partial charge in [0.2, 0.25) is 0 Å². The quantitative estimate of drug-likeness (QED) is 0.667. The Bertz CT molecular complexity index is 524. The highest BCUT2D eigenvalue weighted by Gasteiger charge is 2.28. The number of nitrogens with one attached hydrogen (secondary N) is 2. The van der Waals surface area contributed by atoms with Crippen molar-refractivity contribution in [1.82, 2.24) is 15.5 Å². The van der Waals surface area contributed by atoms with Gasteiger partial charge in [0.25, 0.3) is 5.91 Å². The molecule has 1 heterocycles. The monoisotopic (exact) mass is 296 g/mol. The smallest absolute Gasteiger partial charge is 0.359 e. The molecule has 0 aliphatic carbocycles. The Labute approximate surface area is 122 Å². The fraction of sp³-hybridized carbons (Fsp3) is 0.538. The summed E-state index contributed by atoms with van der Waals surface area (Å²) in [7, 11) is 0. The molecule has 0 aromatic carbocycles. The van der Waals surface area contributed by atoms with Crippen molar-refractivity contribution in [3.05, 3.63) is 17.5 Å². The van der Waals surface area contributed by atoms with Crippen LogP contribution in [-0.4, -0.2) is 34.2 Å². The molecule has 8 heteroatoms. The van der Waals surface area contributed by atoms with Gasteiger partial charge < -0.3 is 10.5 Å². The Kier molecular flexibility index (Phi) is 5.89. The van der Waals surface area contributed by atoms with Gasteiger partial charge in [-0.25, -0.2) is 9.59 Å². The molecule has 8 nitrogen and oxygen atoms in total. The first-order valence-electron chi connectivity index (χ1n) is 6.70. The first-order chi connectivity index (χ1) is 9.85. The van der Waals surface area contributed by atoms with Crippen molar-refractivity contribution in [3.63, 3.8) is 0 Å². The van der Waals surface area contributed by atoms with E-state index in [0.29, 0.717) is 0 Å². The Morgan fingerprint density at radius 3 is 2.62 bits per heavy atom. The molecule has 3 amide bonds. The van der Waals surface area contributed by atoms with Crippen LogP contribution in [0.1, 0.15) is 43.4 Å². The van der Waals surface area contributed by atoms with Gasteiger partial charge in [-0.2, -0.15) is 5.10 Å². The van der Waals surface area contributed by atoms with Crippen molar-refractivity contribution in [1.29, 1.82) is 0 Å². The summed E-state index contributed by atoms with van der Waals surface area (Å²) >= 11 is 0. The van der Waals surface area contributed by atoms with Gasteiger partial charge in [0.05, 0.1) is 0 Å². The van der Waals surface area contributed by atoms with Crippen LogP contribution in [0.5, 0.6) is 0 Å². The number of urea groups is 1. The molecule has 0 spiro atoms. The number of ether oxygens (including phenoxy) is 1. The molecule has 1 unspecified atom stereocenters. The van der Waals surface area contributed by atoms with Crippen molar-refractivity contribution in [2.24, 2.45) is 11.7 Å². The molecule has 0 fully saturated rings. The van der Waals surface area contributed by atoms with Gasteiger partial charge in [-0.15, -0.1) is 0 Å². The summed E-state index contributed by atoms with van der Waals surface area (Å²) in [6.07, 6.45) is 0.555. The molecule has 1 aromatic heterocycles. The summed E-state index contributed by atoms with van der Waals surface area (Å²) in [5.74, 6) is -1.80. The summed E-state index contributed by atoms with van der Waals surface area (Å²) < 4.78 is 5.11. The number of carbonyl (C=O) groups excluding carboxylic acids is 3. The second kappa shape index (κ2) is 7.41. The lowest BCUT2D eigenvalue weighted by atomic mass is 10.1. The standard InChI is InChI=1S/C13H20N4O4/c1-4-5-8-6-9(17-16-8)12(19)21-10(7(2)3)11(18)15-13(14)20/h6-7,10H,4-5H2,1-3H3,(H,16,17)(H3,14,15,18,20). The third-order valence-electron chi connectivity index (χ3n) is 2.70. The predicted molar refractivity (Wildman–Crippen MR) is 74.4 cm³/mol. The third-order valence-corrected chi connectivity index (χ3v) is 2.70. The number of carbonyl (C=O) groups is 3. The molecule has 116 valence electrons. The van der Waals surface area contributed by atoms with Gasteiger partial charge in [0, 0.05) is 5.69 Å². The molecule has 0 saturated heterocycles. The number of rotatable bonds is 6. The highest BCUT2D eigenvalue weighted by atomic mass is 16.5. The van der Waals surface area contributed by atoms with Crippen molar-refractivity contribution in [2.75, 3.05) is 0 Å². The number of H-pyrrole nitrogens is 1. The SMILES string of the molecule is CCCc1cc(C(=O)OC(C(=O)NC(N)=O)C(C)C)n[nH]1. The van der Waals surface area contributed by atoms with Crippen LogP contribution in [-0.2, 0) is 16.0 Å². The van der Waals surface area contributed by atoms with Gasteiger partial charge in [0.15, 0.2) is 11.8 Å². The lowest BCUT2D eigenvalue weighted by Gasteiger charge is -2.19. The van der Waals surface area contributed by atoms with Crippen LogP contribution in [0.2, 0.25) is 0 Å². The van der Waals surface area contributed by atoms with Crippen molar-refractivity contribution >= 4 is 17.9 Å². The van der Waals surface area contributed by atoms with Gasteiger partial charge >= 0.3 is 12.0 Å². The molecular weight excluding hydrogens is 276 g/mol. The molecule has 4 N–H and O–H groups in total. The lowest BCUT2D eigenvalue weighted by Crippen LogP contribution is -2.45. The summed E-state index contributed by atoms with van der Waals surface area (Å²) in [6.45, 7) is 5.37. The summed E-state index contributed by atoms with van der Waals surface area (Å²) in [4.78, 5) is 34.4. The fourth-order valence-electron chi connectivity index (χ4n) is 1.72. The van der Waals surface area contributed by atoms with Crippen LogP contribution in [0.3, 0.4) is 0 Å². The topological polar surface area (TPSA) is 127 Å². The highest BCUT2D eigenvalue weighted by molar-refractivity contribution is 5.97. The van der Waals surface area contributed by atoms with Gasteiger partial charge in [0.1, 0.15) is 0 Å². The fourth-order valence-corrected chi connectivity index (χ4v) is 1.72. The molecule has 0 aliphatic rings. The molecule has 0 aliphatic heterocycles. The molecule has 1 aromatic rings. The number of aromatic amines is 1. The minimum Gasteiger partial charge on any atom is -0.447 e. The molecule has 0 saturated carbocycles.